The first kappa shape index (κ1) is 52.4. The summed E-state index contributed by atoms with van der Waals surface area (Å²) >= 11 is 0. The Balaban J connectivity index is 4.33. The molecular formula is C48H92O6. The van der Waals surface area contributed by atoms with E-state index in [0.29, 0.717) is 19.3 Å². The third-order valence-corrected chi connectivity index (χ3v) is 10.7. The number of hydrogen-bond acceptors (Lipinski definition) is 6. The summed E-state index contributed by atoms with van der Waals surface area (Å²) in [6.07, 6.45) is 39.4. The third-order valence-electron chi connectivity index (χ3n) is 10.7. The minimum absolute atomic E-state index is 0.0647. The molecule has 0 radical (unpaired) electrons. The second kappa shape index (κ2) is 41.1. The van der Waals surface area contributed by atoms with Crippen LogP contribution < -0.4 is 0 Å². The molecule has 0 aliphatic heterocycles. The molecule has 0 aliphatic carbocycles. The van der Waals surface area contributed by atoms with E-state index in [9.17, 15) is 14.4 Å². The van der Waals surface area contributed by atoms with E-state index in [1.807, 2.05) is 0 Å². The average Bonchev–Trinajstić information content (AvgIpc) is 3.14. The van der Waals surface area contributed by atoms with Crippen LogP contribution >= 0.6 is 0 Å². The summed E-state index contributed by atoms with van der Waals surface area (Å²) in [5.41, 5.74) is 0. The highest BCUT2D eigenvalue weighted by molar-refractivity contribution is 5.71. The van der Waals surface area contributed by atoms with Gasteiger partial charge in [-0.2, -0.15) is 0 Å². The molecule has 6 nitrogen and oxygen atoms in total. The van der Waals surface area contributed by atoms with Gasteiger partial charge in [0.1, 0.15) is 13.2 Å². The van der Waals surface area contributed by atoms with Gasteiger partial charge >= 0.3 is 17.9 Å². The van der Waals surface area contributed by atoms with Gasteiger partial charge in [-0.15, -0.1) is 0 Å². The Morgan fingerprint density at radius 2 is 0.611 bits per heavy atom. The molecule has 0 aromatic rings. The first-order valence-corrected chi connectivity index (χ1v) is 23.7. The first-order chi connectivity index (χ1) is 26.2. The lowest BCUT2D eigenvalue weighted by molar-refractivity contribution is -0.167. The van der Waals surface area contributed by atoms with Crippen LogP contribution in [0.4, 0.5) is 0 Å². The van der Waals surface area contributed by atoms with Crippen LogP contribution in [0.5, 0.6) is 0 Å². The molecule has 6 heteroatoms. The van der Waals surface area contributed by atoms with Crippen molar-refractivity contribution in [3.63, 3.8) is 0 Å². The lowest BCUT2D eigenvalue weighted by atomic mass is 10.0. The summed E-state index contributed by atoms with van der Waals surface area (Å²) in [7, 11) is 0. The van der Waals surface area contributed by atoms with E-state index < -0.39 is 6.10 Å². The van der Waals surface area contributed by atoms with E-state index in [2.05, 4.69) is 34.6 Å². The van der Waals surface area contributed by atoms with Gasteiger partial charge in [0.15, 0.2) is 6.10 Å². The molecule has 320 valence electrons. The predicted octanol–water partition coefficient (Wildman–Crippen LogP) is 15.0. The zero-order chi connectivity index (χ0) is 39.7. The molecule has 0 heterocycles. The molecule has 0 bridgehead atoms. The zero-order valence-corrected chi connectivity index (χ0v) is 36.8. The Bertz CT molecular complexity index is 824. The molecule has 0 N–H and O–H groups in total. The predicted molar refractivity (Wildman–Crippen MR) is 229 cm³/mol. The van der Waals surface area contributed by atoms with Crippen LogP contribution in [0.3, 0.4) is 0 Å². The summed E-state index contributed by atoms with van der Waals surface area (Å²) in [6.45, 7) is 11.3. The summed E-state index contributed by atoms with van der Waals surface area (Å²) in [4.78, 5) is 37.8. The maximum atomic E-state index is 12.7. The molecule has 0 fully saturated rings. The van der Waals surface area contributed by atoms with Crippen LogP contribution in [-0.2, 0) is 28.6 Å². The number of ether oxygens (including phenoxy) is 3. The summed E-state index contributed by atoms with van der Waals surface area (Å²) in [6, 6.07) is 0. The van der Waals surface area contributed by atoms with Crippen LogP contribution in [0.15, 0.2) is 0 Å². The minimum atomic E-state index is -0.760. The summed E-state index contributed by atoms with van der Waals surface area (Å²) in [5, 5.41) is 0. The van der Waals surface area contributed by atoms with Crippen molar-refractivity contribution in [3.8, 4) is 0 Å². The van der Waals surface area contributed by atoms with Gasteiger partial charge in [0.25, 0.3) is 0 Å². The quantitative estimate of drug-likeness (QED) is 0.0350. The number of carbonyl (C=O) groups excluding carboxylic acids is 3. The molecule has 1 atom stereocenters. The van der Waals surface area contributed by atoms with Crippen LogP contribution in [-0.4, -0.2) is 37.2 Å². The van der Waals surface area contributed by atoms with Crippen molar-refractivity contribution in [3.05, 3.63) is 0 Å². The van der Waals surface area contributed by atoms with Crippen LogP contribution in [0.1, 0.15) is 259 Å². The van der Waals surface area contributed by atoms with Crippen molar-refractivity contribution in [1.29, 1.82) is 0 Å². The number of unbranched alkanes of at least 4 members (excludes halogenated alkanes) is 27. The maximum absolute atomic E-state index is 12.7. The topological polar surface area (TPSA) is 78.9 Å². The Hall–Kier alpha value is -1.59. The minimum Gasteiger partial charge on any atom is -0.462 e. The number of esters is 3. The lowest BCUT2D eigenvalue weighted by Crippen LogP contribution is -2.30. The molecule has 0 saturated heterocycles. The van der Waals surface area contributed by atoms with Crippen LogP contribution in [0.25, 0.3) is 0 Å². The Morgan fingerprint density at radius 3 is 0.907 bits per heavy atom. The third kappa shape index (κ3) is 41.6. The van der Waals surface area contributed by atoms with Crippen molar-refractivity contribution >= 4 is 17.9 Å². The van der Waals surface area contributed by atoms with Gasteiger partial charge in [-0.3, -0.25) is 14.4 Å². The highest BCUT2D eigenvalue weighted by atomic mass is 16.6. The fourth-order valence-corrected chi connectivity index (χ4v) is 7.11. The Labute approximate surface area is 336 Å². The number of carbonyl (C=O) groups is 3. The molecule has 0 spiro atoms. The van der Waals surface area contributed by atoms with E-state index in [-0.39, 0.29) is 31.1 Å². The summed E-state index contributed by atoms with van der Waals surface area (Å²) < 4.78 is 16.7. The fourth-order valence-electron chi connectivity index (χ4n) is 7.11. The first-order valence-electron chi connectivity index (χ1n) is 23.7. The van der Waals surface area contributed by atoms with Crippen molar-refractivity contribution in [2.24, 2.45) is 11.8 Å². The monoisotopic (exact) mass is 765 g/mol. The van der Waals surface area contributed by atoms with E-state index >= 15 is 0 Å². The molecular weight excluding hydrogens is 673 g/mol. The molecule has 0 amide bonds. The van der Waals surface area contributed by atoms with Crippen LogP contribution in [0, 0.1) is 11.8 Å². The van der Waals surface area contributed by atoms with Gasteiger partial charge < -0.3 is 14.2 Å². The molecule has 0 aliphatic rings. The number of rotatable bonds is 42. The normalized spacial score (nSPS) is 12.1. The van der Waals surface area contributed by atoms with Gasteiger partial charge in [-0.05, 0) is 31.1 Å². The van der Waals surface area contributed by atoms with E-state index in [0.717, 1.165) is 69.6 Å². The Morgan fingerprint density at radius 1 is 0.352 bits per heavy atom. The molecule has 54 heavy (non-hydrogen) atoms. The molecule has 0 saturated carbocycles. The van der Waals surface area contributed by atoms with E-state index in [4.69, 9.17) is 14.2 Å². The van der Waals surface area contributed by atoms with Gasteiger partial charge in [0.2, 0.25) is 0 Å². The Kier molecular flexibility index (Phi) is 39.8. The van der Waals surface area contributed by atoms with Gasteiger partial charge in [0.05, 0.1) is 0 Å². The van der Waals surface area contributed by atoms with E-state index in [1.165, 1.54) is 148 Å². The van der Waals surface area contributed by atoms with Crippen LogP contribution in [0.2, 0.25) is 0 Å². The zero-order valence-electron chi connectivity index (χ0n) is 36.8. The SMILES string of the molecule is CCCCCCCCCCCCCC(=O)O[C@@H](COC(=O)CCCCCCCCCCCCC(C)C)COC(=O)CCCCCCCCCCCC(C)C. The highest BCUT2D eigenvalue weighted by Gasteiger charge is 2.19. The van der Waals surface area contributed by atoms with Crippen molar-refractivity contribution in [2.75, 3.05) is 13.2 Å². The van der Waals surface area contributed by atoms with Crippen molar-refractivity contribution in [1.82, 2.24) is 0 Å². The standard InChI is InChI=1S/C48H92O6/c1-6-7-8-9-10-11-12-19-25-30-35-40-48(51)54-45(42-53-47(50)39-34-29-24-20-15-17-22-27-32-37-44(4)5)41-52-46(49)38-33-28-23-18-14-13-16-21-26-31-36-43(2)3/h43-45H,6-42H2,1-5H3/t45-/m0/s1. The molecule has 0 aromatic carbocycles. The van der Waals surface area contributed by atoms with Gasteiger partial charge in [-0.1, -0.05) is 221 Å². The average molecular weight is 765 g/mol. The van der Waals surface area contributed by atoms with E-state index in [1.54, 1.807) is 0 Å². The van der Waals surface area contributed by atoms with Crippen molar-refractivity contribution in [2.45, 2.75) is 265 Å². The second-order valence-corrected chi connectivity index (χ2v) is 17.3. The highest BCUT2D eigenvalue weighted by Crippen LogP contribution is 2.17. The fraction of sp³-hybridized carbons (Fsp3) is 0.938. The largest absolute Gasteiger partial charge is 0.462 e. The van der Waals surface area contributed by atoms with Gasteiger partial charge in [0, 0.05) is 19.3 Å². The smallest absolute Gasteiger partial charge is 0.306 e. The lowest BCUT2D eigenvalue weighted by Gasteiger charge is -2.18. The molecule has 0 rings (SSSR count). The molecule has 0 unspecified atom stereocenters. The number of hydrogen-bond donors (Lipinski definition) is 0. The maximum Gasteiger partial charge on any atom is 0.306 e. The summed E-state index contributed by atoms with van der Waals surface area (Å²) in [5.74, 6) is 0.771. The second-order valence-electron chi connectivity index (χ2n) is 17.3. The molecule has 0 aromatic heterocycles. The van der Waals surface area contributed by atoms with Crippen molar-refractivity contribution < 1.29 is 28.6 Å². The van der Waals surface area contributed by atoms with Gasteiger partial charge in [-0.25, -0.2) is 0 Å².